The van der Waals surface area contributed by atoms with Gasteiger partial charge in [0.15, 0.2) is 0 Å². The summed E-state index contributed by atoms with van der Waals surface area (Å²) in [6, 6.07) is 6.37. The lowest BCUT2D eigenvalue weighted by atomic mass is 10.1. The number of halogens is 3. The molecule has 1 aromatic heterocycles. The highest BCUT2D eigenvalue weighted by molar-refractivity contribution is 9.10. The van der Waals surface area contributed by atoms with Crippen molar-refractivity contribution in [3.05, 3.63) is 55.4 Å². The van der Waals surface area contributed by atoms with Gasteiger partial charge in [0.2, 0.25) is 0 Å². The fourth-order valence-electron chi connectivity index (χ4n) is 1.66. The molecule has 0 aliphatic rings. The van der Waals surface area contributed by atoms with Crippen molar-refractivity contribution in [3.8, 4) is 0 Å². The third kappa shape index (κ3) is 3.30. The molecule has 0 spiro atoms. The van der Waals surface area contributed by atoms with Gasteiger partial charge in [0.25, 0.3) is 0 Å². The normalized spacial score (nSPS) is 12.7. The Hall–Kier alpha value is -0.460. The number of nitrogens with two attached hydrogens (primary N) is 1. The maximum Gasteiger partial charge on any atom is 0.124 e. The Labute approximate surface area is 122 Å². The van der Waals surface area contributed by atoms with Crippen molar-refractivity contribution < 1.29 is 4.39 Å². The molecule has 0 amide bonds. The standard InChI is InChI=1S/C12H11BrClFN2S/c13-8-4-12(18-6-8)11(17-16)3-7-1-2-9(15)5-10(7)14/h1-2,4-6,11,17H,3,16H2. The summed E-state index contributed by atoms with van der Waals surface area (Å²) in [6.45, 7) is 0. The van der Waals surface area contributed by atoms with Gasteiger partial charge in [-0.05, 0) is 46.1 Å². The zero-order chi connectivity index (χ0) is 13.1. The van der Waals surface area contributed by atoms with Crippen LogP contribution in [0.3, 0.4) is 0 Å². The van der Waals surface area contributed by atoms with Crippen molar-refractivity contribution in [2.24, 2.45) is 5.84 Å². The maximum absolute atomic E-state index is 13.0. The molecule has 1 aromatic carbocycles. The molecule has 0 aliphatic carbocycles. The monoisotopic (exact) mass is 348 g/mol. The topological polar surface area (TPSA) is 38.0 Å². The minimum absolute atomic E-state index is 0.0377. The van der Waals surface area contributed by atoms with Crippen LogP contribution in [0.2, 0.25) is 5.02 Å². The van der Waals surface area contributed by atoms with Gasteiger partial charge in [-0.2, -0.15) is 0 Å². The molecule has 2 nitrogen and oxygen atoms in total. The van der Waals surface area contributed by atoms with Crippen molar-refractivity contribution in [1.82, 2.24) is 5.43 Å². The van der Waals surface area contributed by atoms with Gasteiger partial charge in [-0.3, -0.25) is 11.3 Å². The molecule has 96 valence electrons. The Bertz CT molecular complexity index is 547. The van der Waals surface area contributed by atoms with Crippen LogP contribution in [0, 0.1) is 5.82 Å². The Morgan fingerprint density at radius 2 is 2.22 bits per heavy atom. The van der Waals surface area contributed by atoms with Crippen LogP contribution in [0.4, 0.5) is 4.39 Å². The van der Waals surface area contributed by atoms with Crippen LogP contribution in [-0.2, 0) is 6.42 Å². The van der Waals surface area contributed by atoms with Gasteiger partial charge in [-0.25, -0.2) is 4.39 Å². The van der Waals surface area contributed by atoms with E-state index < -0.39 is 0 Å². The first-order valence-corrected chi connectivity index (χ1v) is 7.29. The molecular weight excluding hydrogens is 339 g/mol. The summed E-state index contributed by atoms with van der Waals surface area (Å²) >= 11 is 11.0. The van der Waals surface area contributed by atoms with Gasteiger partial charge >= 0.3 is 0 Å². The van der Waals surface area contributed by atoms with Crippen molar-refractivity contribution in [3.63, 3.8) is 0 Å². The second-order valence-corrected chi connectivity index (χ2v) is 6.09. The quantitative estimate of drug-likeness (QED) is 0.645. The summed E-state index contributed by atoms with van der Waals surface area (Å²) < 4.78 is 14.0. The van der Waals surface area contributed by atoms with E-state index in [2.05, 4.69) is 21.4 Å². The average Bonchev–Trinajstić information content (AvgIpc) is 2.75. The number of thiophene rings is 1. The molecule has 0 saturated carbocycles. The summed E-state index contributed by atoms with van der Waals surface area (Å²) in [6.07, 6.45) is 0.614. The lowest BCUT2D eigenvalue weighted by molar-refractivity contribution is 0.559. The molecule has 3 N–H and O–H groups in total. The van der Waals surface area contributed by atoms with Gasteiger partial charge in [0, 0.05) is 19.8 Å². The molecule has 0 bridgehead atoms. The molecule has 0 fully saturated rings. The lowest BCUT2D eigenvalue weighted by Crippen LogP contribution is -2.29. The van der Waals surface area contributed by atoms with Gasteiger partial charge in [0.05, 0.1) is 6.04 Å². The van der Waals surface area contributed by atoms with E-state index in [0.717, 1.165) is 14.9 Å². The van der Waals surface area contributed by atoms with Gasteiger partial charge in [-0.15, -0.1) is 11.3 Å². The Morgan fingerprint density at radius 3 is 2.78 bits per heavy atom. The summed E-state index contributed by atoms with van der Waals surface area (Å²) in [5, 5.41) is 2.41. The molecule has 0 saturated heterocycles. The zero-order valence-electron chi connectivity index (χ0n) is 9.29. The van der Waals surface area contributed by atoms with E-state index in [0.29, 0.717) is 11.4 Å². The van der Waals surface area contributed by atoms with Crippen LogP contribution in [0.5, 0.6) is 0 Å². The zero-order valence-corrected chi connectivity index (χ0v) is 12.4. The van der Waals surface area contributed by atoms with E-state index in [1.807, 2.05) is 11.4 Å². The van der Waals surface area contributed by atoms with Crippen LogP contribution >= 0.6 is 38.9 Å². The molecule has 1 atom stereocenters. The minimum Gasteiger partial charge on any atom is -0.271 e. The van der Waals surface area contributed by atoms with Crippen molar-refractivity contribution in [2.75, 3.05) is 0 Å². The van der Waals surface area contributed by atoms with Crippen LogP contribution in [0.15, 0.2) is 34.1 Å². The number of rotatable bonds is 4. The third-order valence-electron chi connectivity index (χ3n) is 2.57. The molecular formula is C12H11BrClFN2S. The molecule has 0 aliphatic heterocycles. The Morgan fingerprint density at radius 1 is 1.44 bits per heavy atom. The van der Waals surface area contributed by atoms with Gasteiger partial charge < -0.3 is 0 Å². The first-order valence-electron chi connectivity index (χ1n) is 5.24. The summed E-state index contributed by atoms with van der Waals surface area (Å²) in [7, 11) is 0. The fraction of sp³-hybridized carbons (Fsp3) is 0.167. The highest BCUT2D eigenvalue weighted by Crippen LogP contribution is 2.29. The average molecular weight is 350 g/mol. The third-order valence-corrected chi connectivity index (χ3v) is 4.73. The van der Waals surface area contributed by atoms with Crippen molar-refractivity contribution in [2.45, 2.75) is 12.5 Å². The molecule has 1 heterocycles. The van der Waals surface area contributed by atoms with Crippen molar-refractivity contribution >= 4 is 38.9 Å². The minimum atomic E-state index is -0.333. The van der Waals surface area contributed by atoms with E-state index in [4.69, 9.17) is 17.4 Å². The largest absolute Gasteiger partial charge is 0.271 e. The van der Waals surface area contributed by atoms with E-state index in [1.54, 1.807) is 17.4 Å². The second-order valence-electron chi connectivity index (χ2n) is 3.83. The fourth-order valence-corrected chi connectivity index (χ4v) is 3.41. The van der Waals surface area contributed by atoms with Crippen LogP contribution in [0.1, 0.15) is 16.5 Å². The Kier molecular flexibility index (Phi) is 4.75. The summed E-state index contributed by atoms with van der Waals surface area (Å²) in [4.78, 5) is 1.10. The summed E-state index contributed by atoms with van der Waals surface area (Å²) in [5.41, 5.74) is 3.63. The predicted octanol–water partition coefficient (Wildman–Crippen LogP) is 4.05. The molecule has 1 unspecified atom stereocenters. The van der Waals surface area contributed by atoms with Crippen LogP contribution < -0.4 is 11.3 Å². The van der Waals surface area contributed by atoms with Crippen molar-refractivity contribution in [1.29, 1.82) is 0 Å². The molecule has 6 heteroatoms. The SMILES string of the molecule is NNC(Cc1ccc(F)cc1Cl)c1cc(Br)cs1. The molecule has 2 rings (SSSR count). The van der Waals surface area contributed by atoms with E-state index >= 15 is 0 Å². The number of hydrogen-bond acceptors (Lipinski definition) is 3. The van der Waals surface area contributed by atoms with Crippen LogP contribution in [0.25, 0.3) is 0 Å². The van der Waals surface area contributed by atoms with E-state index in [1.165, 1.54) is 12.1 Å². The highest BCUT2D eigenvalue weighted by atomic mass is 79.9. The smallest absolute Gasteiger partial charge is 0.124 e. The number of benzene rings is 1. The number of nitrogens with one attached hydrogen (secondary N) is 1. The Balaban J connectivity index is 2.20. The lowest BCUT2D eigenvalue weighted by Gasteiger charge is -2.15. The number of hydrogen-bond donors (Lipinski definition) is 2. The first-order chi connectivity index (χ1) is 8.60. The predicted molar refractivity (Wildman–Crippen MR) is 77.2 cm³/mol. The molecule has 18 heavy (non-hydrogen) atoms. The van der Waals surface area contributed by atoms with E-state index in [-0.39, 0.29) is 11.9 Å². The second kappa shape index (κ2) is 6.12. The highest BCUT2D eigenvalue weighted by Gasteiger charge is 2.14. The van der Waals surface area contributed by atoms with Crippen LogP contribution in [-0.4, -0.2) is 0 Å². The van der Waals surface area contributed by atoms with E-state index in [9.17, 15) is 4.39 Å². The van der Waals surface area contributed by atoms with Gasteiger partial charge in [-0.1, -0.05) is 17.7 Å². The maximum atomic E-state index is 13.0. The van der Waals surface area contributed by atoms with Gasteiger partial charge in [0.1, 0.15) is 5.82 Å². The molecule has 2 aromatic rings. The molecule has 0 radical (unpaired) electrons. The first kappa shape index (κ1) is 14.0. The number of hydrazine groups is 1. The summed E-state index contributed by atoms with van der Waals surface area (Å²) in [5.74, 6) is 5.23.